The Morgan fingerprint density at radius 1 is 1.26 bits per heavy atom. The van der Waals surface area contributed by atoms with Crippen molar-refractivity contribution in [3.8, 4) is 11.1 Å². The van der Waals surface area contributed by atoms with E-state index in [-0.39, 0.29) is 11.7 Å². The van der Waals surface area contributed by atoms with Crippen LogP contribution >= 0.6 is 0 Å². The van der Waals surface area contributed by atoms with Crippen molar-refractivity contribution in [1.29, 1.82) is 0 Å². The van der Waals surface area contributed by atoms with Gasteiger partial charge in [0.25, 0.3) is 10.2 Å². The normalized spacial score (nSPS) is 17.4. The predicted octanol–water partition coefficient (Wildman–Crippen LogP) is 2.82. The molecule has 8 nitrogen and oxygen atoms in total. The second-order valence-electron chi connectivity index (χ2n) is 7.74. The van der Waals surface area contributed by atoms with Gasteiger partial charge in [-0.2, -0.15) is 22.1 Å². The fourth-order valence-corrected chi connectivity index (χ4v) is 4.90. The van der Waals surface area contributed by atoms with Crippen molar-refractivity contribution in [1.82, 2.24) is 23.8 Å². The molecular weight excluding hydrogens is 419 g/mol. The molecule has 0 aliphatic carbocycles. The summed E-state index contributed by atoms with van der Waals surface area (Å²) < 4.78 is 40.7. The van der Waals surface area contributed by atoms with Gasteiger partial charge in [-0.1, -0.05) is 12.1 Å². The first kappa shape index (κ1) is 21.4. The van der Waals surface area contributed by atoms with Crippen LogP contribution in [0.1, 0.15) is 23.6 Å². The third-order valence-electron chi connectivity index (χ3n) is 5.47. The second kappa shape index (κ2) is 8.74. The number of hydrogen-bond donors (Lipinski definition) is 2. The maximum Gasteiger partial charge on any atom is 0.281 e. The molecule has 0 amide bonds. The van der Waals surface area contributed by atoms with Crippen molar-refractivity contribution in [2.24, 2.45) is 0 Å². The third kappa shape index (κ3) is 4.60. The largest absolute Gasteiger partial charge is 0.366 e. The van der Waals surface area contributed by atoms with E-state index in [0.29, 0.717) is 25.5 Å². The highest BCUT2D eigenvalue weighted by Gasteiger charge is 2.35. The number of aromatic amines is 1. The Hall–Kier alpha value is -2.82. The highest BCUT2D eigenvalue weighted by molar-refractivity contribution is 7.86. The summed E-state index contributed by atoms with van der Waals surface area (Å²) in [6.07, 6.45) is 4.21. The van der Waals surface area contributed by atoms with E-state index in [1.807, 2.05) is 12.1 Å². The number of aromatic nitrogens is 3. The van der Waals surface area contributed by atoms with Crippen LogP contribution in [-0.2, 0) is 16.8 Å². The summed E-state index contributed by atoms with van der Waals surface area (Å²) >= 11 is 0. The summed E-state index contributed by atoms with van der Waals surface area (Å²) in [5.74, 6) is 0.466. The van der Waals surface area contributed by atoms with Crippen LogP contribution in [0, 0.1) is 5.82 Å². The van der Waals surface area contributed by atoms with Crippen molar-refractivity contribution in [2.45, 2.75) is 18.9 Å². The van der Waals surface area contributed by atoms with Gasteiger partial charge in [0.05, 0.1) is 6.20 Å². The lowest BCUT2D eigenvalue weighted by Gasteiger charge is -2.20. The minimum absolute atomic E-state index is 0.0380. The molecule has 3 heterocycles. The maximum atomic E-state index is 13.1. The van der Waals surface area contributed by atoms with E-state index in [0.717, 1.165) is 28.8 Å². The maximum absolute atomic E-state index is 13.1. The monoisotopic (exact) mass is 444 g/mol. The molecule has 0 saturated carbocycles. The summed E-state index contributed by atoms with van der Waals surface area (Å²) in [4.78, 5) is 4.36. The predicted molar refractivity (Wildman–Crippen MR) is 117 cm³/mol. The van der Waals surface area contributed by atoms with Crippen LogP contribution in [0.4, 0.5) is 10.2 Å². The van der Waals surface area contributed by atoms with E-state index in [2.05, 4.69) is 20.5 Å². The SMILES string of the molecule is CN(C)S(=O)(=O)N1CC[C@@H](c2[nH]ncc2-c2ccnc(NCc3ccc(F)cc3)c2)C1. The Morgan fingerprint density at radius 3 is 2.77 bits per heavy atom. The molecule has 2 aromatic heterocycles. The molecule has 1 aliphatic heterocycles. The molecule has 2 N–H and O–H groups in total. The van der Waals surface area contributed by atoms with Gasteiger partial charge in [0.15, 0.2) is 0 Å². The molecule has 31 heavy (non-hydrogen) atoms. The van der Waals surface area contributed by atoms with E-state index >= 15 is 0 Å². The zero-order valence-electron chi connectivity index (χ0n) is 17.4. The van der Waals surface area contributed by atoms with E-state index in [1.54, 1.807) is 38.6 Å². The Morgan fingerprint density at radius 2 is 2.03 bits per heavy atom. The molecular formula is C21H25FN6O2S. The summed E-state index contributed by atoms with van der Waals surface area (Å²) in [7, 11) is -0.346. The lowest BCUT2D eigenvalue weighted by atomic mass is 9.97. The number of halogens is 1. The Labute approximate surface area is 181 Å². The molecule has 0 spiro atoms. The zero-order valence-corrected chi connectivity index (χ0v) is 18.2. The summed E-state index contributed by atoms with van der Waals surface area (Å²) in [6.45, 7) is 1.41. The Balaban J connectivity index is 1.50. The van der Waals surface area contributed by atoms with Crippen LogP contribution in [0.2, 0.25) is 0 Å². The van der Waals surface area contributed by atoms with Gasteiger partial charge in [-0.3, -0.25) is 5.10 Å². The summed E-state index contributed by atoms with van der Waals surface area (Å²) in [5, 5.41) is 10.5. The first-order valence-electron chi connectivity index (χ1n) is 10.00. The number of nitrogens with one attached hydrogen (secondary N) is 2. The molecule has 3 aromatic rings. The summed E-state index contributed by atoms with van der Waals surface area (Å²) in [6, 6.07) is 10.2. The van der Waals surface area contributed by atoms with Gasteiger partial charge >= 0.3 is 0 Å². The number of rotatable bonds is 7. The minimum Gasteiger partial charge on any atom is -0.366 e. The standard InChI is InChI=1S/C21H25FN6O2S/c1-27(2)31(29,30)28-10-8-17(14-28)21-19(13-25-26-21)16-7-9-23-20(11-16)24-12-15-3-5-18(22)6-4-15/h3-7,9,11,13,17H,8,10,12,14H2,1-2H3,(H,23,24)(H,25,26)/t17-/m1/s1. The molecule has 1 aromatic carbocycles. The first-order valence-corrected chi connectivity index (χ1v) is 11.4. The fourth-order valence-electron chi connectivity index (χ4n) is 3.73. The quantitative estimate of drug-likeness (QED) is 0.584. The lowest BCUT2D eigenvalue weighted by Crippen LogP contribution is -2.38. The molecule has 0 unspecified atom stereocenters. The highest BCUT2D eigenvalue weighted by atomic mass is 32.2. The molecule has 1 saturated heterocycles. The van der Waals surface area contributed by atoms with Crippen LogP contribution in [0.5, 0.6) is 0 Å². The second-order valence-corrected chi connectivity index (χ2v) is 9.88. The van der Waals surface area contributed by atoms with Crippen LogP contribution in [0.3, 0.4) is 0 Å². The smallest absolute Gasteiger partial charge is 0.281 e. The van der Waals surface area contributed by atoms with E-state index in [1.165, 1.54) is 20.7 Å². The molecule has 0 bridgehead atoms. The lowest BCUT2D eigenvalue weighted by molar-refractivity contribution is 0.418. The van der Waals surface area contributed by atoms with Crippen LogP contribution < -0.4 is 5.32 Å². The van der Waals surface area contributed by atoms with Gasteiger partial charge in [-0.15, -0.1) is 0 Å². The molecule has 164 valence electrons. The first-order chi connectivity index (χ1) is 14.8. The third-order valence-corrected chi connectivity index (χ3v) is 7.38. The topological polar surface area (TPSA) is 94.2 Å². The zero-order chi connectivity index (χ0) is 22.0. The molecule has 1 fully saturated rings. The average molecular weight is 445 g/mol. The molecule has 1 atom stereocenters. The van der Waals surface area contributed by atoms with Gasteiger partial charge in [0.2, 0.25) is 0 Å². The van der Waals surface area contributed by atoms with Crippen molar-refractivity contribution >= 4 is 16.0 Å². The highest BCUT2D eigenvalue weighted by Crippen LogP contribution is 2.34. The Bertz CT molecular complexity index is 1150. The molecule has 10 heteroatoms. The van der Waals surface area contributed by atoms with Crippen molar-refractivity contribution < 1.29 is 12.8 Å². The molecule has 1 aliphatic rings. The number of anilines is 1. The number of benzene rings is 1. The van der Waals surface area contributed by atoms with E-state index < -0.39 is 10.2 Å². The van der Waals surface area contributed by atoms with Gasteiger partial charge in [-0.05, 0) is 41.8 Å². The van der Waals surface area contributed by atoms with Gasteiger partial charge in [-0.25, -0.2) is 9.37 Å². The van der Waals surface area contributed by atoms with Crippen molar-refractivity contribution in [3.05, 3.63) is 65.9 Å². The van der Waals surface area contributed by atoms with Gasteiger partial charge in [0, 0.05) is 57.1 Å². The Kier molecular flexibility index (Phi) is 6.03. The molecule has 4 rings (SSSR count). The van der Waals surface area contributed by atoms with Gasteiger partial charge < -0.3 is 5.32 Å². The summed E-state index contributed by atoms with van der Waals surface area (Å²) in [5.41, 5.74) is 3.74. The number of pyridine rings is 1. The van der Waals surface area contributed by atoms with Crippen LogP contribution in [0.15, 0.2) is 48.8 Å². The number of hydrogen-bond acceptors (Lipinski definition) is 5. The van der Waals surface area contributed by atoms with E-state index in [4.69, 9.17) is 0 Å². The number of H-pyrrole nitrogens is 1. The fraction of sp³-hybridized carbons (Fsp3) is 0.333. The van der Waals surface area contributed by atoms with Crippen molar-refractivity contribution in [2.75, 3.05) is 32.5 Å². The molecule has 0 radical (unpaired) electrons. The van der Waals surface area contributed by atoms with Crippen LogP contribution in [0.25, 0.3) is 11.1 Å². The number of nitrogens with zero attached hydrogens (tertiary/aromatic N) is 4. The van der Waals surface area contributed by atoms with E-state index in [9.17, 15) is 12.8 Å². The van der Waals surface area contributed by atoms with Crippen LogP contribution in [-0.4, -0.2) is 59.4 Å². The minimum atomic E-state index is -3.43. The van der Waals surface area contributed by atoms with Crippen molar-refractivity contribution in [3.63, 3.8) is 0 Å². The average Bonchev–Trinajstić information content (AvgIpc) is 3.43. The van der Waals surface area contributed by atoms with Gasteiger partial charge in [0.1, 0.15) is 11.6 Å².